The Morgan fingerprint density at radius 2 is 2.11 bits per heavy atom. The van der Waals surface area contributed by atoms with Gasteiger partial charge in [0.1, 0.15) is 0 Å². The molecule has 0 amide bonds. The minimum Gasteiger partial charge on any atom is -0.326 e. The molecule has 1 N–H and O–H groups in total. The number of aryl methyl sites for hydroxylation is 2. The number of aromatic nitrogens is 2. The van der Waals surface area contributed by atoms with Gasteiger partial charge in [0.05, 0.1) is 17.4 Å². The van der Waals surface area contributed by atoms with Gasteiger partial charge in [-0.05, 0) is 55.5 Å². The van der Waals surface area contributed by atoms with Crippen molar-refractivity contribution in [2.75, 3.05) is 6.54 Å². The van der Waals surface area contributed by atoms with E-state index in [1.807, 2.05) is 6.33 Å². The van der Waals surface area contributed by atoms with Gasteiger partial charge in [-0.2, -0.15) is 0 Å². The van der Waals surface area contributed by atoms with Crippen molar-refractivity contribution in [3.8, 4) is 0 Å². The zero-order valence-corrected chi connectivity index (χ0v) is 11.7. The first-order valence-electron chi connectivity index (χ1n) is 6.95. The quantitative estimate of drug-likeness (QED) is 0.832. The molecular weight excluding hydrogens is 234 g/mol. The van der Waals surface area contributed by atoms with Crippen molar-refractivity contribution in [2.45, 2.75) is 39.3 Å². The molecule has 3 nitrogen and oxygen atoms in total. The number of imidazole rings is 1. The number of rotatable bonds is 5. The zero-order chi connectivity index (χ0) is 13.4. The van der Waals surface area contributed by atoms with Gasteiger partial charge in [0.2, 0.25) is 0 Å². The van der Waals surface area contributed by atoms with Gasteiger partial charge in [-0.1, -0.05) is 6.58 Å². The Bertz CT molecular complexity index is 620. The average molecular weight is 255 g/mol. The third-order valence-electron chi connectivity index (χ3n) is 3.85. The number of fused-ring (bicyclic) bond motifs is 1. The van der Waals surface area contributed by atoms with Crippen LogP contribution in [0.15, 0.2) is 30.6 Å². The summed E-state index contributed by atoms with van der Waals surface area (Å²) in [5.74, 6) is 0. The van der Waals surface area contributed by atoms with E-state index in [4.69, 9.17) is 0 Å². The molecule has 1 fully saturated rings. The molecule has 100 valence electrons. The van der Waals surface area contributed by atoms with Gasteiger partial charge < -0.3 is 9.88 Å². The van der Waals surface area contributed by atoms with Crippen LogP contribution in [0.4, 0.5) is 0 Å². The van der Waals surface area contributed by atoms with Crippen molar-refractivity contribution in [3.05, 3.63) is 41.7 Å². The molecule has 0 aliphatic heterocycles. The normalized spacial score (nSPS) is 15.1. The molecule has 0 unspecified atom stereocenters. The van der Waals surface area contributed by atoms with Crippen molar-refractivity contribution in [1.82, 2.24) is 14.9 Å². The molecule has 1 heterocycles. The van der Waals surface area contributed by atoms with Gasteiger partial charge in [-0.3, -0.25) is 0 Å². The lowest BCUT2D eigenvalue weighted by Gasteiger charge is -2.09. The molecule has 0 atom stereocenters. The predicted octanol–water partition coefficient (Wildman–Crippen LogP) is 2.96. The second kappa shape index (κ2) is 4.82. The third-order valence-corrected chi connectivity index (χ3v) is 3.85. The Kier molecular flexibility index (Phi) is 3.15. The summed E-state index contributed by atoms with van der Waals surface area (Å²) in [7, 11) is 0. The van der Waals surface area contributed by atoms with E-state index in [2.05, 4.69) is 47.4 Å². The van der Waals surface area contributed by atoms with Gasteiger partial charge in [0, 0.05) is 19.1 Å². The zero-order valence-electron chi connectivity index (χ0n) is 11.7. The summed E-state index contributed by atoms with van der Waals surface area (Å²) in [5.41, 5.74) is 6.11. The molecule has 1 aliphatic rings. The summed E-state index contributed by atoms with van der Waals surface area (Å²) >= 11 is 0. The molecule has 19 heavy (non-hydrogen) atoms. The molecule has 1 aromatic heterocycles. The Labute approximate surface area is 114 Å². The first-order chi connectivity index (χ1) is 9.13. The van der Waals surface area contributed by atoms with E-state index in [0.717, 1.165) is 24.6 Å². The highest BCUT2D eigenvalue weighted by atomic mass is 15.0. The van der Waals surface area contributed by atoms with Crippen LogP contribution in [0, 0.1) is 13.8 Å². The molecule has 1 aliphatic carbocycles. The second-order valence-electron chi connectivity index (χ2n) is 5.70. The highest BCUT2D eigenvalue weighted by Gasteiger charge is 2.20. The number of nitrogens with zero attached hydrogens (tertiary/aromatic N) is 2. The summed E-state index contributed by atoms with van der Waals surface area (Å²) in [4.78, 5) is 4.48. The first kappa shape index (κ1) is 12.4. The van der Waals surface area contributed by atoms with Crippen LogP contribution in [0.25, 0.3) is 11.0 Å². The predicted molar refractivity (Wildman–Crippen MR) is 79.4 cm³/mol. The van der Waals surface area contributed by atoms with Crippen LogP contribution in [-0.4, -0.2) is 22.1 Å². The van der Waals surface area contributed by atoms with E-state index in [1.54, 1.807) is 0 Å². The lowest BCUT2D eigenvalue weighted by Crippen LogP contribution is -2.20. The molecule has 0 spiro atoms. The molecule has 2 aromatic rings. The molecular formula is C16H21N3. The Morgan fingerprint density at radius 1 is 1.37 bits per heavy atom. The average Bonchev–Trinajstić information content (AvgIpc) is 3.14. The van der Waals surface area contributed by atoms with E-state index < -0.39 is 0 Å². The largest absolute Gasteiger partial charge is 0.326 e. The lowest BCUT2D eigenvalue weighted by molar-refractivity contribution is 0.689. The smallest absolute Gasteiger partial charge is 0.0961 e. The highest BCUT2D eigenvalue weighted by molar-refractivity contribution is 5.77. The summed E-state index contributed by atoms with van der Waals surface area (Å²) < 4.78 is 2.19. The number of hydrogen-bond donors (Lipinski definition) is 1. The molecule has 0 radical (unpaired) electrons. The van der Waals surface area contributed by atoms with Crippen LogP contribution >= 0.6 is 0 Å². The second-order valence-corrected chi connectivity index (χ2v) is 5.70. The van der Waals surface area contributed by atoms with E-state index >= 15 is 0 Å². The fraction of sp³-hybridized carbons (Fsp3) is 0.438. The first-order valence-corrected chi connectivity index (χ1v) is 6.95. The van der Waals surface area contributed by atoms with Crippen LogP contribution in [0.1, 0.15) is 24.0 Å². The molecule has 1 aromatic carbocycles. The van der Waals surface area contributed by atoms with E-state index in [1.165, 1.54) is 35.1 Å². The number of benzene rings is 1. The maximum absolute atomic E-state index is 4.48. The molecule has 0 bridgehead atoms. The van der Waals surface area contributed by atoms with Gasteiger partial charge in [-0.15, -0.1) is 0 Å². The van der Waals surface area contributed by atoms with Crippen molar-refractivity contribution in [1.29, 1.82) is 0 Å². The summed E-state index contributed by atoms with van der Waals surface area (Å²) in [6.45, 7) is 10.2. The van der Waals surface area contributed by atoms with Crippen LogP contribution in [0.2, 0.25) is 0 Å². The fourth-order valence-electron chi connectivity index (χ4n) is 2.31. The SMILES string of the molecule is C=C(CNC1CC1)Cn1cnc2cc(C)c(C)cc21. The molecule has 3 rings (SSSR count). The minimum atomic E-state index is 0.737. The minimum absolute atomic E-state index is 0.737. The lowest BCUT2D eigenvalue weighted by atomic mass is 10.1. The summed E-state index contributed by atoms with van der Waals surface area (Å²) in [6.07, 6.45) is 4.56. The van der Waals surface area contributed by atoms with Crippen LogP contribution in [-0.2, 0) is 6.54 Å². The van der Waals surface area contributed by atoms with Crippen molar-refractivity contribution < 1.29 is 0 Å². The number of hydrogen-bond acceptors (Lipinski definition) is 2. The third kappa shape index (κ3) is 2.71. The Morgan fingerprint density at radius 3 is 2.84 bits per heavy atom. The van der Waals surface area contributed by atoms with Gasteiger partial charge in [-0.25, -0.2) is 4.98 Å². The monoisotopic (exact) mass is 255 g/mol. The maximum Gasteiger partial charge on any atom is 0.0961 e. The summed E-state index contributed by atoms with van der Waals surface area (Å²) in [6, 6.07) is 5.12. The van der Waals surface area contributed by atoms with Gasteiger partial charge in [0.15, 0.2) is 0 Å². The highest BCUT2D eigenvalue weighted by Crippen LogP contribution is 2.20. The van der Waals surface area contributed by atoms with Crippen molar-refractivity contribution in [2.24, 2.45) is 0 Å². The summed E-state index contributed by atoms with van der Waals surface area (Å²) in [5, 5.41) is 3.50. The standard InChI is InChI=1S/C16H21N3/c1-11(8-17-14-4-5-14)9-19-10-18-15-6-12(2)13(3)7-16(15)19/h6-7,10,14,17H,1,4-5,8-9H2,2-3H3. The Balaban J connectivity index is 1.76. The van der Waals surface area contributed by atoms with Crippen LogP contribution in [0.3, 0.4) is 0 Å². The van der Waals surface area contributed by atoms with Crippen LogP contribution < -0.4 is 5.32 Å². The van der Waals surface area contributed by atoms with Crippen molar-refractivity contribution >= 4 is 11.0 Å². The molecule has 1 saturated carbocycles. The van der Waals surface area contributed by atoms with E-state index in [-0.39, 0.29) is 0 Å². The maximum atomic E-state index is 4.48. The van der Waals surface area contributed by atoms with Gasteiger partial charge >= 0.3 is 0 Å². The molecule has 0 saturated heterocycles. The molecule has 3 heteroatoms. The topological polar surface area (TPSA) is 29.9 Å². The Hall–Kier alpha value is -1.61. The van der Waals surface area contributed by atoms with E-state index in [0.29, 0.717) is 0 Å². The van der Waals surface area contributed by atoms with Gasteiger partial charge in [0.25, 0.3) is 0 Å². The van der Waals surface area contributed by atoms with E-state index in [9.17, 15) is 0 Å². The number of nitrogens with one attached hydrogen (secondary N) is 1. The van der Waals surface area contributed by atoms with Crippen LogP contribution in [0.5, 0.6) is 0 Å². The fourth-order valence-corrected chi connectivity index (χ4v) is 2.31. The van der Waals surface area contributed by atoms with Crippen molar-refractivity contribution in [3.63, 3.8) is 0 Å².